The number of hydrogen-bond acceptors (Lipinski definition) is 16. The fourth-order valence-electron chi connectivity index (χ4n) is 11.5. The van der Waals surface area contributed by atoms with Gasteiger partial charge < -0.3 is 53.3 Å². The molecule has 20 nitrogen and oxygen atoms in total. The summed E-state index contributed by atoms with van der Waals surface area (Å²) in [5.74, 6) is -5.92. The number of nitriles is 3. The molecule has 0 aliphatic heterocycles. The Kier molecular flexibility index (Phi) is 21.7. The van der Waals surface area contributed by atoms with Gasteiger partial charge in [0.25, 0.3) is 27.8 Å². The first kappa shape index (κ1) is 70.1. The lowest BCUT2D eigenvalue weighted by Gasteiger charge is -2.29. The highest BCUT2D eigenvalue weighted by molar-refractivity contribution is 7.85. The Balaban J connectivity index is 0.000000183. The molecule has 6 aliphatic carbocycles. The molecule has 13 N–H and O–H groups in total. The zero-order valence-electron chi connectivity index (χ0n) is 46.1. The second-order valence-corrected chi connectivity index (χ2v) is 25.2. The van der Waals surface area contributed by atoms with E-state index in [4.69, 9.17) is 123 Å². The van der Waals surface area contributed by atoms with Gasteiger partial charge in [0.1, 0.15) is 22.7 Å². The average molecular weight is 1340 g/mol. The van der Waals surface area contributed by atoms with Gasteiger partial charge >= 0.3 is 5.97 Å². The van der Waals surface area contributed by atoms with Crippen molar-refractivity contribution in [3.63, 3.8) is 0 Å². The number of primary amides is 3. The third kappa shape index (κ3) is 14.2. The molecular formula is C57H56Cl6F3N9O11S. The van der Waals surface area contributed by atoms with Crippen LogP contribution in [0.4, 0.5) is 13.2 Å². The quantitative estimate of drug-likeness (QED) is 0.0385. The highest BCUT2D eigenvalue weighted by Gasteiger charge is 2.84. The molecule has 0 unspecified atom stereocenters. The van der Waals surface area contributed by atoms with Crippen LogP contribution < -0.4 is 34.4 Å². The molecule has 0 bridgehead atoms. The maximum absolute atomic E-state index is 14.5. The van der Waals surface area contributed by atoms with E-state index in [0.29, 0.717) is 30.1 Å². The van der Waals surface area contributed by atoms with Crippen LogP contribution in [0.3, 0.4) is 0 Å². The van der Waals surface area contributed by atoms with Crippen LogP contribution in [0.15, 0.2) is 83.8 Å². The Morgan fingerprint density at radius 2 is 0.851 bits per heavy atom. The number of amides is 3. The average Bonchev–Trinajstić information content (AvgIpc) is 1.53. The van der Waals surface area contributed by atoms with Crippen LogP contribution in [0.25, 0.3) is 0 Å². The number of aryl methyl sites for hydroxylation is 1. The van der Waals surface area contributed by atoms with Crippen molar-refractivity contribution in [1.82, 2.24) is 0 Å². The van der Waals surface area contributed by atoms with E-state index in [-0.39, 0.29) is 49.9 Å². The molecule has 4 aromatic rings. The van der Waals surface area contributed by atoms with Crippen LogP contribution in [0.2, 0.25) is 30.1 Å². The zero-order chi connectivity index (χ0) is 65.2. The highest BCUT2D eigenvalue weighted by atomic mass is 35.5. The molecular weight excluding hydrogens is 1290 g/mol. The summed E-state index contributed by atoms with van der Waals surface area (Å²) in [4.78, 5) is 43.6. The minimum absolute atomic E-state index is 0.0666. The lowest BCUT2D eigenvalue weighted by molar-refractivity contribution is -0.134. The Morgan fingerprint density at radius 3 is 1.06 bits per heavy atom. The topological polar surface area (TPSA) is 387 Å². The minimum atomic E-state index is -4.02. The molecule has 87 heavy (non-hydrogen) atoms. The molecule has 15 atom stereocenters. The minimum Gasteiger partial charge on any atom is -0.372 e. The Labute approximate surface area is 528 Å². The summed E-state index contributed by atoms with van der Waals surface area (Å²) in [6.45, 7) is 5.20. The molecule has 0 heterocycles. The van der Waals surface area contributed by atoms with Crippen LogP contribution in [0.1, 0.15) is 55.4 Å². The van der Waals surface area contributed by atoms with Crippen LogP contribution in [0, 0.1) is 88.5 Å². The largest absolute Gasteiger partial charge is 0.372 e. The van der Waals surface area contributed by atoms with Crippen molar-refractivity contribution in [3.8, 4) is 30.2 Å². The molecule has 0 spiro atoms. The van der Waals surface area contributed by atoms with Crippen molar-refractivity contribution in [2.75, 3.05) is 0 Å². The number of benzene rings is 4. The second-order valence-electron chi connectivity index (χ2n) is 21.4. The summed E-state index contributed by atoms with van der Waals surface area (Å²) in [7, 11) is -4.02. The van der Waals surface area contributed by atoms with Crippen molar-refractivity contribution in [2.24, 2.45) is 69.9 Å². The summed E-state index contributed by atoms with van der Waals surface area (Å²) in [6, 6.07) is 26.7. The third-order valence-corrected chi connectivity index (χ3v) is 19.1. The molecule has 6 aliphatic rings. The van der Waals surface area contributed by atoms with Crippen LogP contribution in [0.5, 0.6) is 0 Å². The summed E-state index contributed by atoms with van der Waals surface area (Å²) in [5, 5.41) is 30.5. The molecule has 10 rings (SSSR count). The molecule has 6 saturated carbocycles. The van der Waals surface area contributed by atoms with E-state index in [9.17, 15) is 56.6 Å². The van der Waals surface area contributed by atoms with E-state index in [0.717, 1.165) is 22.3 Å². The number of rotatable bonds is 13. The number of nitrogens with two attached hydrogens (primary N) is 6. The summed E-state index contributed by atoms with van der Waals surface area (Å²) in [6.07, 6.45) is 0.635. The highest BCUT2D eigenvalue weighted by Crippen LogP contribution is 2.69. The molecule has 4 aromatic carbocycles. The van der Waals surface area contributed by atoms with Gasteiger partial charge in [0.15, 0.2) is 17.0 Å². The monoisotopic (exact) mass is 1340 g/mol. The maximum Gasteiger partial charge on any atom is 0.316 e. The standard InChI is InChI=1S/3C15H14Cl2FN3O2.C7H8O3S.C5H6O2/c3*16-9-2-1-7(3-10(9)17)5-23-11-4-8-12(14(11,21)6-19)15(8,18)13(20)22;1-6-2-4-7(5-3-6)11(8,9)10;1-3-4-7-5(2)6/h3*1-3,8,11-12H,4-5,21H2,(H2,20,22);2-5H,1H3,(H,8,9,10);1-2H3/t2*8-,11-,12-,14+,15-;8-,11-,12-,14-,15-;;/m111../s1. The second kappa shape index (κ2) is 27.0. The predicted octanol–water partition coefficient (Wildman–Crippen LogP) is 7.60. The zero-order valence-corrected chi connectivity index (χ0v) is 51.4. The fourth-order valence-corrected chi connectivity index (χ4v) is 12.9. The van der Waals surface area contributed by atoms with Crippen LogP contribution >= 0.6 is 69.6 Å². The predicted molar refractivity (Wildman–Crippen MR) is 313 cm³/mol. The molecule has 0 radical (unpaired) electrons. The van der Waals surface area contributed by atoms with Gasteiger partial charge in [-0.05, 0) is 91.4 Å². The molecule has 464 valence electrons. The van der Waals surface area contributed by atoms with Crippen molar-refractivity contribution >= 4 is 103 Å². The summed E-state index contributed by atoms with van der Waals surface area (Å²) >= 11 is 35.3. The van der Waals surface area contributed by atoms with Crippen LogP contribution in [-0.2, 0) is 68.1 Å². The SMILES string of the molecule is CC#COC(C)=O.Cc1ccc(S(=O)(=O)O)cc1.N#C[C@@]1(N)[C@H]2[C@@H](C[C@H]1OCc1ccc(Cl)c(Cl)c1)[C@]2(F)C(N)=O.N#C[C@@]1(N)[C@H]2[C@@H](C[C@H]1OCc1ccc(Cl)c(Cl)c1)[C@]2(F)C(N)=O.N#C[C@]1(N)[C@H]2[C@@H](C[C@H]1OCc1ccc(Cl)c(Cl)c1)[C@]2(F)C(N)=O. The third-order valence-electron chi connectivity index (χ3n) is 16.0. The van der Waals surface area contributed by atoms with Crippen molar-refractivity contribution in [1.29, 1.82) is 15.8 Å². The number of hydrogen-bond donors (Lipinski definition) is 7. The van der Waals surface area contributed by atoms with E-state index in [2.05, 4.69) is 16.8 Å². The number of esters is 1. The van der Waals surface area contributed by atoms with E-state index in [1.165, 1.54) is 19.1 Å². The van der Waals surface area contributed by atoms with E-state index in [1.807, 2.05) is 25.1 Å². The van der Waals surface area contributed by atoms with Gasteiger partial charge in [0, 0.05) is 49.4 Å². The van der Waals surface area contributed by atoms with Crippen molar-refractivity contribution in [2.45, 2.75) is 117 Å². The molecule has 0 saturated heterocycles. The number of ether oxygens (including phenoxy) is 4. The van der Waals surface area contributed by atoms with Gasteiger partial charge in [-0.2, -0.15) is 24.2 Å². The van der Waals surface area contributed by atoms with Crippen molar-refractivity contribution < 1.29 is 64.3 Å². The lowest BCUT2D eigenvalue weighted by atomic mass is 9.89. The summed E-state index contributed by atoms with van der Waals surface area (Å²) < 4.78 is 94.2. The van der Waals surface area contributed by atoms with E-state index >= 15 is 0 Å². The fraction of sp³-hybridized carbons (Fsp3) is 0.421. The van der Waals surface area contributed by atoms with Gasteiger partial charge in [0.2, 0.25) is 0 Å². The molecule has 30 heteroatoms. The Morgan fingerprint density at radius 1 is 0.563 bits per heavy atom. The number of halogens is 9. The van der Waals surface area contributed by atoms with Crippen LogP contribution in [-0.4, -0.2) is 88.6 Å². The molecule has 6 fully saturated rings. The summed E-state index contributed by atoms with van der Waals surface area (Å²) in [5.41, 5.74) is 25.3. The number of alkyl halides is 3. The normalized spacial score (nSPS) is 32.0. The number of fused-ring (bicyclic) bond motifs is 3. The van der Waals surface area contributed by atoms with Gasteiger partial charge in [-0.15, -0.1) is 0 Å². The first-order valence-corrected chi connectivity index (χ1v) is 29.6. The lowest BCUT2D eigenvalue weighted by Crippen LogP contribution is -2.54. The first-order chi connectivity index (χ1) is 40.5. The number of nitrogens with zero attached hydrogens (tertiary/aromatic N) is 3. The smallest absolute Gasteiger partial charge is 0.316 e. The number of carbonyl (C=O) groups excluding carboxylic acids is 4. The Bertz CT molecular complexity index is 3380. The van der Waals surface area contributed by atoms with E-state index < -0.39 is 115 Å². The molecule has 3 amide bonds. The Hall–Kier alpha value is -6.01. The van der Waals surface area contributed by atoms with Gasteiger partial charge in [-0.1, -0.05) is 111 Å². The van der Waals surface area contributed by atoms with E-state index in [1.54, 1.807) is 73.7 Å². The molecule has 0 aromatic heterocycles. The van der Waals surface area contributed by atoms with Gasteiger partial charge in [-0.3, -0.25) is 23.7 Å². The van der Waals surface area contributed by atoms with Gasteiger partial charge in [0.05, 0.1) is 91.4 Å². The maximum atomic E-state index is 14.5. The van der Waals surface area contributed by atoms with Crippen molar-refractivity contribution in [3.05, 3.63) is 131 Å². The first-order valence-electron chi connectivity index (χ1n) is 25.9. The van der Waals surface area contributed by atoms with Gasteiger partial charge in [-0.25, -0.2) is 13.2 Å². The number of carbonyl (C=O) groups is 4.